The fraction of sp³-hybridized carbons (Fsp3) is 0.857. The third-order valence-electron chi connectivity index (χ3n) is 1.75. The first-order chi connectivity index (χ1) is 4.83. The Balaban J connectivity index is 2.27. The maximum atomic E-state index is 8.39. The van der Waals surface area contributed by atoms with Gasteiger partial charge in [-0.15, -0.1) is 0 Å². The van der Waals surface area contributed by atoms with Crippen molar-refractivity contribution < 1.29 is 0 Å². The van der Waals surface area contributed by atoms with Gasteiger partial charge in [-0.1, -0.05) is 0 Å². The molecular weight excluding hydrogens is 126 g/mol. The molecule has 10 heavy (non-hydrogen) atoms. The Labute approximate surface area is 61.6 Å². The minimum Gasteiger partial charge on any atom is -0.312 e. The summed E-state index contributed by atoms with van der Waals surface area (Å²) in [4.78, 5) is 2.17. The molecule has 1 aliphatic heterocycles. The van der Waals surface area contributed by atoms with Crippen LogP contribution in [0.5, 0.6) is 0 Å². The van der Waals surface area contributed by atoms with Gasteiger partial charge in [0.05, 0.1) is 12.6 Å². The summed E-state index contributed by atoms with van der Waals surface area (Å²) in [6.45, 7) is 5.75. The molecular formula is C7H13N3. The lowest BCUT2D eigenvalue weighted by Crippen LogP contribution is -2.49. The standard InChI is InChI=1S/C7H13N3/c1-7-6-10(4-2-8)5-3-9-7/h7,9H,3-6H2,1H3/t7-/m0/s1. The Morgan fingerprint density at radius 1 is 1.80 bits per heavy atom. The molecule has 0 unspecified atom stereocenters. The number of nitrogens with one attached hydrogen (secondary N) is 1. The lowest BCUT2D eigenvalue weighted by atomic mass is 10.2. The molecule has 0 bridgehead atoms. The minimum atomic E-state index is 0.544. The molecule has 1 heterocycles. The molecule has 1 N–H and O–H groups in total. The zero-order valence-corrected chi connectivity index (χ0v) is 6.30. The summed E-state index contributed by atoms with van der Waals surface area (Å²) in [7, 11) is 0. The van der Waals surface area contributed by atoms with Crippen molar-refractivity contribution in [2.75, 3.05) is 26.2 Å². The average molecular weight is 139 g/mol. The van der Waals surface area contributed by atoms with Gasteiger partial charge in [-0.2, -0.15) is 5.26 Å². The first kappa shape index (κ1) is 7.52. The highest BCUT2D eigenvalue weighted by molar-refractivity contribution is 4.82. The molecule has 3 heteroatoms. The van der Waals surface area contributed by atoms with Crippen LogP contribution in [0.3, 0.4) is 0 Å². The smallest absolute Gasteiger partial charge is 0.0866 e. The third kappa shape index (κ3) is 1.98. The van der Waals surface area contributed by atoms with E-state index < -0.39 is 0 Å². The second kappa shape index (κ2) is 3.55. The molecule has 1 rings (SSSR count). The average Bonchev–Trinajstić information content (AvgIpc) is 1.88. The van der Waals surface area contributed by atoms with Gasteiger partial charge in [-0.3, -0.25) is 4.90 Å². The molecule has 1 fully saturated rings. The lowest BCUT2D eigenvalue weighted by molar-refractivity contribution is 0.229. The SMILES string of the molecule is C[C@H]1CN(CC#N)CCN1. The second-order valence-corrected chi connectivity index (χ2v) is 2.75. The van der Waals surface area contributed by atoms with Crippen molar-refractivity contribution in [1.29, 1.82) is 5.26 Å². The van der Waals surface area contributed by atoms with E-state index in [1.165, 1.54) is 0 Å². The monoisotopic (exact) mass is 139 g/mol. The van der Waals surface area contributed by atoms with E-state index in [1.54, 1.807) is 0 Å². The van der Waals surface area contributed by atoms with Gasteiger partial charge >= 0.3 is 0 Å². The molecule has 0 amide bonds. The van der Waals surface area contributed by atoms with Crippen molar-refractivity contribution in [2.45, 2.75) is 13.0 Å². The predicted molar refractivity (Wildman–Crippen MR) is 39.5 cm³/mol. The first-order valence-electron chi connectivity index (χ1n) is 3.65. The van der Waals surface area contributed by atoms with E-state index in [0.29, 0.717) is 12.6 Å². The van der Waals surface area contributed by atoms with Crippen LogP contribution < -0.4 is 5.32 Å². The normalized spacial score (nSPS) is 27.8. The van der Waals surface area contributed by atoms with Crippen LogP contribution in [0, 0.1) is 11.3 Å². The summed E-state index contributed by atoms with van der Waals surface area (Å²) in [5.41, 5.74) is 0. The van der Waals surface area contributed by atoms with Gasteiger partial charge in [0.2, 0.25) is 0 Å². The number of rotatable bonds is 1. The van der Waals surface area contributed by atoms with Gasteiger partial charge in [-0.25, -0.2) is 0 Å². The van der Waals surface area contributed by atoms with Crippen LogP contribution in [0.25, 0.3) is 0 Å². The fourth-order valence-electron chi connectivity index (χ4n) is 1.26. The second-order valence-electron chi connectivity index (χ2n) is 2.75. The van der Waals surface area contributed by atoms with Crippen molar-refractivity contribution in [3.63, 3.8) is 0 Å². The molecule has 3 nitrogen and oxygen atoms in total. The molecule has 0 aromatic rings. The van der Waals surface area contributed by atoms with Gasteiger partial charge in [0.25, 0.3) is 0 Å². The highest BCUT2D eigenvalue weighted by atomic mass is 15.2. The van der Waals surface area contributed by atoms with Crippen LogP contribution in [0.2, 0.25) is 0 Å². The molecule has 1 saturated heterocycles. The molecule has 0 saturated carbocycles. The maximum Gasteiger partial charge on any atom is 0.0866 e. The van der Waals surface area contributed by atoms with Gasteiger partial charge in [0, 0.05) is 25.7 Å². The summed E-state index contributed by atoms with van der Waals surface area (Å²) >= 11 is 0. The summed E-state index contributed by atoms with van der Waals surface area (Å²) < 4.78 is 0. The van der Waals surface area contributed by atoms with E-state index in [0.717, 1.165) is 19.6 Å². The molecule has 0 aromatic heterocycles. The predicted octanol–water partition coefficient (Wildman–Crippen LogP) is -0.196. The van der Waals surface area contributed by atoms with Crippen LogP contribution >= 0.6 is 0 Å². The number of nitrogens with zero attached hydrogens (tertiary/aromatic N) is 2. The van der Waals surface area contributed by atoms with Crippen LogP contribution in [-0.4, -0.2) is 37.1 Å². The highest BCUT2D eigenvalue weighted by Gasteiger charge is 2.13. The molecule has 1 aliphatic rings. The molecule has 56 valence electrons. The maximum absolute atomic E-state index is 8.39. The molecule has 0 radical (unpaired) electrons. The van der Waals surface area contributed by atoms with Crippen molar-refractivity contribution in [3.8, 4) is 6.07 Å². The molecule has 0 aromatic carbocycles. The Morgan fingerprint density at radius 2 is 2.60 bits per heavy atom. The third-order valence-corrected chi connectivity index (χ3v) is 1.75. The van der Waals surface area contributed by atoms with Crippen molar-refractivity contribution in [1.82, 2.24) is 10.2 Å². The van der Waals surface area contributed by atoms with E-state index in [9.17, 15) is 0 Å². The van der Waals surface area contributed by atoms with Crippen LogP contribution in [0.4, 0.5) is 0 Å². The largest absolute Gasteiger partial charge is 0.312 e. The first-order valence-corrected chi connectivity index (χ1v) is 3.65. The molecule has 0 aliphatic carbocycles. The van der Waals surface area contributed by atoms with E-state index in [4.69, 9.17) is 5.26 Å². The number of hydrogen-bond acceptors (Lipinski definition) is 3. The number of hydrogen-bond donors (Lipinski definition) is 1. The van der Waals surface area contributed by atoms with Gasteiger partial charge in [0.1, 0.15) is 0 Å². The van der Waals surface area contributed by atoms with E-state index in [2.05, 4.69) is 23.2 Å². The van der Waals surface area contributed by atoms with Crippen molar-refractivity contribution >= 4 is 0 Å². The molecule has 1 atom stereocenters. The number of nitriles is 1. The Kier molecular flexibility index (Phi) is 2.67. The van der Waals surface area contributed by atoms with Gasteiger partial charge in [0.15, 0.2) is 0 Å². The quantitative estimate of drug-likeness (QED) is 0.511. The summed E-state index contributed by atoms with van der Waals surface area (Å²) in [6.07, 6.45) is 0. The van der Waals surface area contributed by atoms with Crippen molar-refractivity contribution in [3.05, 3.63) is 0 Å². The number of piperazine rings is 1. The van der Waals surface area contributed by atoms with Gasteiger partial charge < -0.3 is 5.32 Å². The summed E-state index contributed by atoms with van der Waals surface area (Å²) in [5, 5.41) is 11.7. The Hall–Kier alpha value is -0.590. The minimum absolute atomic E-state index is 0.544. The van der Waals surface area contributed by atoms with Crippen LogP contribution in [-0.2, 0) is 0 Å². The fourth-order valence-corrected chi connectivity index (χ4v) is 1.26. The van der Waals surface area contributed by atoms with Gasteiger partial charge in [-0.05, 0) is 6.92 Å². The zero-order chi connectivity index (χ0) is 7.40. The Bertz CT molecular complexity index is 138. The Morgan fingerprint density at radius 3 is 3.20 bits per heavy atom. The topological polar surface area (TPSA) is 39.1 Å². The highest BCUT2D eigenvalue weighted by Crippen LogP contribution is 1.96. The lowest BCUT2D eigenvalue weighted by Gasteiger charge is -2.29. The molecule has 0 spiro atoms. The van der Waals surface area contributed by atoms with E-state index >= 15 is 0 Å². The zero-order valence-electron chi connectivity index (χ0n) is 6.30. The van der Waals surface area contributed by atoms with Crippen molar-refractivity contribution in [2.24, 2.45) is 0 Å². The van der Waals surface area contributed by atoms with E-state index in [-0.39, 0.29) is 0 Å². The van der Waals surface area contributed by atoms with Crippen LogP contribution in [0.1, 0.15) is 6.92 Å². The summed E-state index contributed by atoms with van der Waals surface area (Å²) in [6, 6.07) is 2.70. The van der Waals surface area contributed by atoms with E-state index in [1.807, 2.05) is 0 Å². The summed E-state index contributed by atoms with van der Waals surface area (Å²) in [5.74, 6) is 0. The van der Waals surface area contributed by atoms with Crippen LogP contribution in [0.15, 0.2) is 0 Å².